The average molecular weight is 306 g/mol. The summed E-state index contributed by atoms with van der Waals surface area (Å²) >= 11 is 4.57. The second kappa shape index (κ2) is 6.35. The molecule has 0 radical (unpaired) electrons. The van der Waals surface area contributed by atoms with Crippen LogP contribution in [0.3, 0.4) is 0 Å². The van der Waals surface area contributed by atoms with Gasteiger partial charge in [0.1, 0.15) is 0 Å². The van der Waals surface area contributed by atoms with Gasteiger partial charge in [-0.15, -0.1) is 0 Å². The van der Waals surface area contributed by atoms with E-state index in [1.165, 1.54) is 31.9 Å². The first-order valence-electron chi connectivity index (χ1n) is 7.51. The van der Waals surface area contributed by atoms with E-state index in [0.717, 1.165) is 43.7 Å². The zero-order chi connectivity index (χ0) is 14.0. The van der Waals surface area contributed by atoms with Gasteiger partial charge in [-0.3, -0.25) is 0 Å². The second-order valence-electron chi connectivity index (χ2n) is 6.41. The lowest BCUT2D eigenvalue weighted by Crippen LogP contribution is -2.40. The van der Waals surface area contributed by atoms with E-state index in [-0.39, 0.29) is 0 Å². The van der Waals surface area contributed by atoms with Crippen molar-refractivity contribution in [1.82, 2.24) is 4.31 Å². The van der Waals surface area contributed by atoms with Gasteiger partial charge in [-0.1, -0.05) is 6.92 Å². The lowest BCUT2D eigenvalue weighted by Gasteiger charge is -2.39. The Bertz CT molecular complexity index is 378. The van der Waals surface area contributed by atoms with E-state index in [1.807, 2.05) is 0 Å². The van der Waals surface area contributed by atoms with Gasteiger partial charge in [0, 0.05) is 18.3 Å². The van der Waals surface area contributed by atoms with Crippen molar-refractivity contribution in [2.75, 3.05) is 19.3 Å². The third-order valence-electron chi connectivity index (χ3n) is 5.13. The largest absolute Gasteiger partial charge is 0.213 e. The number of thiol groups is 1. The van der Waals surface area contributed by atoms with Gasteiger partial charge in [0.05, 0.1) is 6.26 Å². The highest BCUT2D eigenvalue weighted by Gasteiger charge is 2.32. The van der Waals surface area contributed by atoms with Gasteiger partial charge in [0.25, 0.3) is 0 Å². The summed E-state index contributed by atoms with van der Waals surface area (Å²) in [5, 5.41) is 0.521. The molecule has 5 heteroatoms. The summed E-state index contributed by atoms with van der Waals surface area (Å²) in [6, 6.07) is 0. The van der Waals surface area contributed by atoms with Crippen molar-refractivity contribution in [1.29, 1.82) is 0 Å². The van der Waals surface area contributed by atoms with Crippen LogP contribution in [-0.2, 0) is 10.0 Å². The zero-order valence-electron chi connectivity index (χ0n) is 12.1. The molecule has 112 valence electrons. The monoisotopic (exact) mass is 305 g/mol. The molecule has 0 aromatic carbocycles. The molecule has 0 aromatic rings. The van der Waals surface area contributed by atoms with Crippen LogP contribution >= 0.6 is 12.6 Å². The smallest absolute Gasteiger partial charge is 0.211 e. The van der Waals surface area contributed by atoms with Crippen molar-refractivity contribution in [3.05, 3.63) is 0 Å². The third-order valence-corrected chi connectivity index (χ3v) is 6.86. The molecule has 19 heavy (non-hydrogen) atoms. The van der Waals surface area contributed by atoms with Gasteiger partial charge in [-0.25, -0.2) is 12.7 Å². The van der Waals surface area contributed by atoms with Crippen LogP contribution < -0.4 is 0 Å². The molecule has 1 saturated heterocycles. The molecule has 0 spiro atoms. The fraction of sp³-hybridized carbons (Fsp3) is 1.00. The molecule has 0 aromatic heterocycles. The van der Waals surface area contributed by atoms with E-state index in [9.17, 15) is 8.42 Å². The number of piperidine rings is 1. The lowest BCUT2D eigenvalue weighted by atomic mass is 9.72. The molecule has 1 aliphatic heterocycles. The first-order chi connectivity index (χ1) is 8.88. The summed E-state index contributed by atoms with van der Waals surface area (Å²) < 4.78 is 24.7. The Morgan fingerprint density at radius 1 is 1.00 bits per heavy atom. The average Bonchev–Trinajstić information content (AvgIpc) is 2.38. The normalized spacial score (nSPS) is 33.2. The van der Waals surface area contributed by atoms with Crippen LogP contribution in [-0.4, -0.2) is 37.3 Å². The Balaban J connectivity index is 1.80. The number of rotatable bonds is 3. The number of nitrogens with zero attached hydrogens (tertiary/aromatic N) is 1. The van der Waals surface area contributed by atoms with E-state index in [2.05, 4.69) is 19.6 Å². The molecule has 1 unspecified atom stereocenters. The van der Waals surface area contributed by atoms with Crippen LogP contribution in [0.1, 0.15) is 45.4 Å². The maximum Gasteiger partial charge on any atom is 0.211 e. The maximum atomic E-state index is 11.5. The fourth-order valence-electron chi connectivity index (χ4n) is 3.78. The molecule has 0 N–H and O–H groups in total. The van der Waals surface area contributed by atoms with Crippen molar-refractivity contribution in [2.45, 2.75) is 50.7 Å². The summed E-state index contributed by atoms with van der Waals surface area (Å²) in [7, 11) is -2.98. The highest BCUT2D eigenvalue weighted by molar-refractivity contribution is 7.88. The zero-order valence-corrected chi connectivity index (χ0v) is 13.8. The van der Waals surface area contributed by atoms with Gasteiger partial charge in [0.15, 0.2) is 0 Å². The first kappa shape index (κ1) is 15.6. The minimum atomic E-state index is -2.98. The van der Waals surface area contributed by atoms with Gasteiger partial charge in [-0.05, 0) is 56.3 Å². The topological polar surface area (TPSA) is 37.4 Å². The summed E-state index contributed by atoms with van der Waals surface area (Å²) in [4.78, 5) is 0. The Labute approximate surface area is 123 Å². The molecule has 1 aliphatic carbocycles. The SMILES string of the molecule is CC(S)C1CCC(C2CCN(S(C)(=O)=O)CC2)CC1. The van der Waals surface area contributed by atoms with Gasteiger partial charge in [0.2, 0.25) is 10.0 Å². The molecule has 1 atom stereocenters. The third kappa shape index (κ3) is 4.11. The number of hydrogen-bond acceptors (Lipinski definition) is 3. The van der Waals surface area contributed by atoms with Crippen LogP contribution in [0.5, 0.6) is 0 Å². The standard InChI is InChI=1S/C14H27NO2S2/c1-11(18)12-3-5-13(6-4-12)14-7-9-15(10-8-14)19(2,16)17/h11-14,18H,3-10H2,1-2H3. The highest BCUT2D eigenvalue weighted by atomic mass is 32.2. The molecule has 2 fully saturated rings. The minimum Gasteiger partial charge on any atom is -0.213 e. The first-order valence-corrected chi connectivity index (χ1v) is 9.87. The van der Waals surface area contributed by atoms with Crippen LogP contribution in [0.4, 0.5) is 0 Å². The van der Waals surface area contributed by atoms with Gasteiger partial charge < -0.3 is 0 Å². The predicted octanol–water partition coefficient (Wildman–Crippen LogP) is 2.78. The number of sulfonamides is 1. The Kier molecular flexibility index (Phi) is 5.23. The molecule has 1 saturated carbocycles. The highest BCUT2D eigenvalue weighted by Crippen LogP contribution is 2.39. The van der Waals surface area contributed by atoms with Crippen molar-refractivity contribution in [3.63, 3.8) is 0 Å². The quantitative estimate of drug-likeness (QED) is 0.814. The van der Waals surface area contributed by atoms with E-state index < -0.39 is 10.0 Å². The fourth-order valence-corrected chi connectivity index (χ4v) is 4.95. The van der Waals surface area contributed by atoms with Crippen LogP contribution in [0.15, 0.2) is 0 Å². The maximum absolute atomic E-state index is 11.5. The molecule has 3 nitrogen and oxygen atoms in total. The molecular formula is C14H27NO2S2. The van der Waals surface area contributed by atoms with Crippen LogP contribution in [0.2, 0.25) is 0 Å². The van der Waals surface area contributed by atoms with Crippen molar-refractivity contribution >= 4 is 22.7 Å². The van der Waals surface area contributed by atoms with Crippen molar-refractivity contribution in [3.8, 4) is 0 Å². The molecular weight excluding hydrogens is 278 g/mol. The van der Waals surface area contributed by atoms with E-state index in [1.54, 1.807) is 4.31 Å². The van der Waals surface area contributed by atoms with E-state index >= 15 is 0 Å². The van der Waals surface area contributed by atoms with Crippen molar-refractivity contribution < 1.29 is 8.42 Å². The van der Waals surface area contributed by atoms with E-state index in [4.69, 9.17) is 0 Å². The van der Waals surface area contributed by atoms with Crippen LogP contribution in [0.25, 0.3) is 0 Å². The van der Waals surface area contributed by atoms with Crippen LogP contribution in [0, 0.1) is 17.8 Å². The lowest BCUT2D eigenvalue weighted by molar-refractivity contribution is 0.150. The predicted molar refractivity (Wildman–Crippen MR) is 83.0 cm³/mol. The Morgan fingerprint density at radius 3 is 1.89 bits per heavy atom. The summed E-state index contributed by atoms with van der Waals surface area (Å²) in [5.41, 5.74) is 0. The minimum absolute atomic E-state index is 0.521. The molecule has 1 heterocycles. The van der Waals surface area contributed by atoms with E-state index in [0.29, 0.717) is 5.25 Å². The van der Waals surface area contributed by atoms with Gasteiger partial charge >= 0.3 is 0 Å². The molecule has 0 amide bonds. The van der Waals surface area contributed by atoms with Gasteiger partial charge in [-0.2, -0.15) is 12.6 Å². The molecule has 0 bridgehead atoms. The summed E-state index contributed by atoms with van der Waals surface area (Å²) in [6.45, 7) is 3.66. The Morgan fingerprint density at radius 2 is 1.47 bits per heavy atom. The number of hydrogen-bond donors (Lipinski definition) is 1. The molecule has 2 rings (SSSR count). The second-order valence-corrected chi connectivity index (χ2v) is 9.21. The molecule has 2 aliphatic rings. The van der Waals surface area contributed by atoms with Crippen molar-refractivity contribution in [2.24, 2.45) is 17.8 Å². The summed E-state index contributed by atoms with van der Waals surface area (Å²) in [5.74, 6) is 2.36. The summed E-state index contributed by atoms with van der Waals surface area (Å²) in [6.07, 6.45) is 8.69. The Hall–Kier alpha value is 0.260.